The predicted octanol–water partition coefficient (Wildman–Crippen LogP) is 3.10. The molecule has 0 saturated carbocycles. The predicted molar refractivity (Wildman–Crippen MR) is 53.1 cm³/mol. The van der Waals surface area contributed by atoms with Crippen molar-refractivity contribution in [1.29, 1.82) is 0 Å². The van der Waals surface area contributed by atoms with E-state index in [1.54, 1.807) is 6.26 Å². The van der Waals surface area contributed by atoms with Gasteiger partial charge in [-0.15, -0.1) is 0 Å². The number of nitrogens with one attached hydrogen (secondary N) is 1. The summed E-state index contributed by atoms with van der Waals surface area (Å²) >= 11 is 3.37. The Bertz CT molecular complexity index is 234. The molecule has 0 amide bonds. The van der Waals surface area contributed by atoms with Crippen molar-refractivity contribution in [1.82, 2.24) is 5.32 Å². The lowest BCUT2D eigenvalue weighted by molar-refractivity contribution is 0.501. The molecule has 0 aromatic carbocycles. The molecule has 1 aromatic heterocycles. The lowest BCUT2D eigenvalue weighted by atomic mass is 10.1. The molecule has 68 valence electrons. The van der Waals surface area contributed by atoms with Gasteiger partial charge in [0.15, 0.2) is 4.67 Å². The summed E-state index contributed by atoms with van der Waals surface area (Å²) in [6, 6.07) is 2.41. The molecule has 1 rings (SSSR count). The van der Waals surface area contributed by atoms with Gasteiger partial charge in [-0.25, -0.2) is 0 Å². The summed E-state index contributed by atoms with van der Waals surface area (Å²) in [4.78, 5) is 0. The first kappa shape index (κ1) is 9.81. The molecular formula is C9H14BrNO. The van der Waals surface area contributed by atoms with E-state index in [0.717, 1.165) is 17.6 Å². The summed E-state index contributed by atoms with van der Waals surface area (Å²) in [6.45, 7) is 5.25. The fraction of sp³-hybridized carbons (Fsp3) is 0.556. The van der Waals surface area contributed by atoms with Crippen LogP contribution in [-0.4, -0.2) is 6.54 Å². The van der Waals surface area contributed by atoms with Gasteiger partial charge in [-0.1, -0.05) is 13.8 Å². The molecule has 1 unspecified atom stereocenters. The fourth-order valence-electron chi connectivity index (χ4n) is 1.27. The van der Waals surface area contributed by atoms with Gasteiger partial charge in [-0.05, 0) is 35.0 Å². The van der Waals surface area contributed by atoms with Crippen LogP contribution in [0.2, 0.25) is 0 Å². The SMILES string of the molecule is CCNC(CC)c1ccoc1Br. The molecule has 0 radical (unpaired) electrons. The number of furan rings is 1. The molecule has 1 atom stereocenters. The molecule has 0 bridgehead atoms. The van der Waals surface area contributed by atoms with Crippen LogP contribution in [0.5, 0.6) is 0 Å². The highest BCUT2D eigenvalue weighted by atomic mass is 79.9. The zero-order valence-corrected chi connectivity index (χ0v) is 9.02. The molecule has 1 aromatic rings. The highest BCUT2D eigenvalue weighted by Gasteiger charge is 2.12. The van der Waals surface area contributed by atoms with E-state index >= 15 is 0 Å². The van der Waals surface area contributed by atoms with Crippen molar-refractivity contribution < 1.29 is 4.42 Å². The maximum atomic E-state index is 5.17. The molecule has 0 aliphatic rings. The van der Waals surface area contributed by atoms with Gasteiger partial charge >= 0.3 is 0 Å². The second-order valence-corrected chi connectivity index (χ2v) is 3.39. The van der Waals surface area contributed by atoms with Crippen LogP contribution in [0.1, 0.15) is 31.9 Å². The monoisotopic (exact) mass is 231 g/mol. The normalized spacial score (nSPS) is 13.2. The molecule has 1 heterocycles. The van der Waals surface area contributed by atoms with Crippen LogP contribution in [0.15, 0.2) is 21.4 Å². The highest BCUT2D eigenvalue weighted by Crippen LogP contribution is 2.26. The van der Waals surface area contributed by atoms with Gasteiger partial charge in [0.2, 0.25) is 0 Å². The van der Waals surface area contributed by atoms with Crippen molar-refractivity contribution >= 4 is 15.9 Å². The second kappa shape index (κ2) is 4.67. The average Bonchev–Trinajstić information content (AvgIpc) is 2.47. The van der Waals surface area contributed by atoms with Crippen LogP contribution in [-0.2, 0) is 0 Å². The van der Waals surface area contributed by atoms with E-state index in [1.807, 2.05) is 6.07 Å². The van der Waals surface area contributed by atoms with Crippen LogP contribution in [0.25, 0.3) is 0 Å². The van der Waals surface area contributed by atoms with E-state index in [4.69, 9.17) is 4.42 Å². The molecule has 0 aliphatic carbocycles. The molecule has 0 fully saturated rings. The molecular weight excluding hydrogens is 218 g/mol. The summed E-state index contributed by atoms with van der Waals surface area (Å²) in [6.07, 6.45) is 2.78. The quantitative estimate of drug-likeness (QED) is 0.862. The van der Waals surface area contributed by atoms with Crippen LogP contribution in [0, 0.1) is 0 Å². The third-order valence-corrected chi connectivity index (χ3v) is 2.53. The van der Waals surface area contributed by atoms with E-state index in [1.165, 1.54) is 5.56 Å². The van der Waals surface area contributed by atoms with Crippen molar-refractivity contribution in [3.63, 3.8) is 0 Å². The number of hydrogen-bond donors (Lipinski definition) is 1. The first-order valence-corrected chi connectivity index (χ1v) is 5.05. The van der Waals surface area contributed by atoms with Crippen molar-refractivity contribution in [2.75, 3.05) is 6.54 Å². The zero-order valence-electron chi connectivity index (χ0n) is 7.43. The van der Waals surface area contributed by atoms with Crippen molar-refractivity contribution in [3.05, 3.63) is 22.6 Å². The van der Waals surface area contributed by atoms with E-state index in [2.05, 4.69) is 35.1 Å². The standard InChI is InChI=1S/C9H14BrNO/c1-3-8(11-4-2)7-5-6-12-9(7)10/h5-6,8,11H,3-4H2,1-2H3. The molecule has 3 heteroatoms. The Balaban J connectivity index is 2.72. The average molecular weight is 232 g/mol. The van der Waals surface area contributed by atoms with Gasteiger partial charge < -0.3 is 9.73 Å². The maximum Gasteiger partial charge on any atom is 0.173 e. The smallest absolute Gasteiger partial charge is 0.173 e. The Morgan fingerprint density at radius 3 is 2.75 bits per heavy atom. The molecule has 0 spiro atoms. The summed E-state index contributed by atoms with van der Waals surface area (Å²) in [5.41, 5.74) is 1.21. The topological polar surface area (TPSA) is 25.2 Å². The Hall–Kier alpha value is -0.280. The van der Waals surface area contributed by atoms with E-state index in [0.29, 0.717) is 6.04 Å². The summed E-state index contributed by atoms with van der Waals surface area (Å²) in [7, 11) is 0. The Kier molecular flexibility index (Phi) is 3.82. The largest absolute Gasteiger partial charge is 0.457 e. The Morgan fingerprint density at radius 1 is 1.58 bits per heavy atom. The molecule has 2 nitrogen and oxygen atoms in total. The third-order valence-electron chi connectivity index (χ3n) is 1.88. The minimum atomic E-state index is 0.406. The van der Waals surface area contributed by atoms with Crippen LogP contribution in [0.4, 0.5) is 0 Å². The summed E-state index contributed by atoms with van der Waals surface area (Å²) < 4.78 is 6.01. The number of rotatable bonds is 4. The molecule has 0 saturated heterocycles. The van der Waals surface area contributed by atoms with Gasteiger partial charge in [0.1, 0.15) is 0 Å². The van der Waals surface area contributed by atoms with Crippen molar-refractivity contribution in [2.24, 2.45) is 0 Å². The third kappa shape index (κ3) is 2.11. The minimum absolute atomic E-state index is 0.406. The fourth-order valence-corrected chi connectivity index (χ4v) is 1.79. The second-order valence-electron chi connectivity index (χ2n) is 2.67. The van der Waals surface area contributed by atoms with Crippen LogP contribution in [0.3, 0.4) is 0 Å². The first-order valence-electron chi connectivity index (χ1n) is 4.25. The van der Waals surface area contributed by atoms with Crippen molar-refractivity contribution in [3.8, 4) is 0 Å². The molecule has 12 heavy (non-hydrogen) atoms. The van der Waals surface area contributed by atoms with E-state index < -0.39 is 0 Å². The molecule has 0 aliphatic heterocycles. The van der Waals surface area contributed by atoms with Crippen LogP contribution >= 0.6 is 15.9 Å². The maximum absolute atomic E-state index is 5.17. The minimum Gasteiger partial charge on any atom is -0.457 e. The van der Waals surface area contributed by atoms with Crippen LogP contribution < -0.4 is 5.32 Å². The lowest BCUT2D eigenvalue weighted by Crippen LogP contribution is -2.19. The summed E-state index contributed by atoms with van der Waals surface area (Å²) in [5, 5.41) is 3.39. The van der Waals surface area contributed by atoms with Gasteiger partial charge in [0.25, 0.3) is 0 Å². The molecule has 1 N–H and O–H groups in total. The highest BCUT2D eigenvalue weighted by molar-refractivity contribution is 9.10. The van der Waals surface area contributed by atoms with Gasteiger partial charge in [-0.2, -0.15) is 0 Å². The summed E-state index contributed by atoms with van der Waals surface area (Å²) in [5.74, 6) is 0. The first-order chi connectivity index (χ1) is 5.79. The van der Waals surface area contributed by atoms with E-state index in [-0.39, 0.29) is 0 Å². The number of hydrogen-bond acceptors (Lipinski definition) is 2. The Morgan fingerprint density at radius 2 is 2.33 bits per heavy atom. The zero-order chi connectivity index (χ0) is 8.97. The van der Waals surface area contributed by atoms with Gasteiger partial charge in [-0.3, -0.25) is 0 Å². The van der Waals surface area contributed by atoms with Gasteiger partial charge in [0, 0.05) is 11.6 Å². The van der Waals surface area contributed by atoms with Crippen molar-refractivity contribution in [2.45, 2.75) is 26.3 Å². The van der Waals surface area contributed by atoms with Gasteiger partial charge in [0.05, 0.1) is 6.26 Å². The number of halogens is 1. The lowest BCUT2D eigenvalue weighted by Gasteiger charge is -2.13. The Labute approximate surface area is 81.5 Å². The van der Waals surface area contributed by atoms with E-state index in [9.17, 15) is 0 Å².